The van der Waals surface area contributed by atoms with E-state index in [1.807, 2.05) is 0 Å². The molecule has 0 heterocycles. The average Bonchev–Trinajstić information content (AvgIpc) is 2.19. The van der Waals surface area contributed by atoms with E-state index in [0.29, 0.717) is 0 Å². The zero-order valence-electron chi connectivity index (χ0n) is 10.2. The lowest BCUT2D eigenvalue weighted by Crippen LogP contribution is -2.33. The van der Waals surface area contributed by atoms with Crippen LogP contribution in [0.3, 0.4) is 0 Å². The van der Waals surface area contributed by atoms with Gasteiger partial charge in [-0.1, -0.05) is 23.2 Å². The Morgan fingerprint density at radius 3 is 2.42 bits per heavy atom. The van der Waals surface area contributed by atoms with Crippen molar-refractivity contribution < 1.29 is 14.8 Å². The van der Waals surface area contributed by atoms with Gasteiger partial charge >= 0.3 is 5.97 Å². The van der Waals surface area contributed by atoms with E-state index < -0.39 is 16.4 Å². The fraction of sp³-hybridized carbons (Fsp3) is 0.364. The van der Waals surface area contributed by atoms with Crippen molar-refractivity contribution in [3.8, 4) is 0 Å². The van der Waals surface area contributed by atoms with Crippen LogP contribution in [0.4, 0.5) is 11.4 Å². The molecule has 0 aliphatic rings. The molecule has 0 aliphatic heterocycles. The molecule has 104 valence electrons. The minimum atomic E-state index is -1.01. The van der Waals surface area contributed by atoms with Gasteiger partial charge in [-0.3, -0.25) is 14.9 Å². The van der Waals surface area contributed by atoms with Gasteiger partial charge in [-0.15, -0.1) is 0 Å². The number of nitro groups is 1. The zero-order chi connectivity index (χ0) is 14.8. The van der Waals surface area contributed by atoms with Crippen LogP contribution in [0.25, 0.3) is 0 Å². The Bertz CT molecular complexity index is 532. The molecule has 6 nitrogen and oxygen atoms in total. The molecule has 0 fully saturated rings. The number of hydrogen-bond acceptors (Lipinski definition) is 4. The van der Waals surface area contributed by atoms with Gasteiger partial charge < -0.3 is 10.4 Å². The minimum absolute atomic E-state index is 0.0648. The Hall–Kier alpha value is -1.53. The molecule has 0 atom stereocenters. The fourth-order valence-electron chi connectivity index (χ4n) is 1.57. The smallest absolute Gasteiger partial charge is 0.305 e. The van der Waals surface area contributed by atoms with Crippen LogP contribution >= 0.6 is 23.2 Å². The summed E-state index contributed by atoms with van der Waals surface area (Å²) in [6.07, 6.45) is -0.204. The number of aliphatic carboxylic acids is 1. The Balaban J connectivity index is 3.16. The second kappa shape index (κ2) is 5.63. The number of nitrogens with zero attached hydrogens (tertiary/aromatic N) is 1. The van der Waals surface area contributed by atoms with Gasteiger partial charge in [0.2, 0.25) is 0 Å². The van der Waals surface area contributed by atoms with Crippen molar-refractivity contribution in [3.05, 3.63) is 32.3 Å². The number of benzene rings is 1. The molecule has 0 aromatic heterocycles. The number of nitro benzene ring substituents is 1. The Morgan fingerprint density at radius 2 is 1.95 bits per heavy atom. The first-order valence-electron chi connectivity index (χ1n) is 5.26. The minimum Gasteiger partial charge on any atom is -0.481 e. The molecule has 1 aromatic carbocycles. The molecule has 0 saturated carbocycles. The van der Waals surface area contributed by atoms with E-state index in [2.05, 4.69) is 5.32 Å². The second-order valence-corrected chi connectivity index (χ2v) is 5.43. The van der Waals surface area contributed by atoms with Crippen LogP contribution in [-0.4, -0.2) is 21.5 Å². The normalized spacial score (nSPS) is 11.2. The molecule has 19 heavy (non-hydrogen) atoms. The fourth-order valence-corrected chi connectivity index (χ4v) is 1.90. The molecule has 1 rings (SSSR count). The molecule has 0 bridgehead atoms. The van der Waals surface area contributed by atoms with Crippen molar-refractivity contribution in [2.75, 3.05) is 5.32 Å². The Morgan fingerprint density at radius 1 is 1.42 bits per heavy atom. The lowest BCUT2D eigenvalue weighted by molar-refractivity contribution is -0.384. The number of carbonyl (C=O) groups is 1. The second-order valence-electron chi connectivity index (χ2n) is 4.62. The lowest BCUT2D eigenvalue weighted by atomic mass is 10.00. The number of halogens is 2. The van der Waals surface area contributed by atoms with Gasteiger partial charge in [0.05, 0.1) is 21.4 Å². The van der Waals surface area contributed by atoms with Gasteiger partial charge in [0.1, 0.15) is 5.69 Å². The van der Waals surface area contributed by atoms with Crippen LogP contribution in [0.15, 0.2) is 12.1 Å². The van der Waals surface area contributed by atoms with Gasteiger partial charge in [-0.2, -0.15) is 0 Å². The molecular weight excluding hydrogens is 295 g/mol. The molecule has 0 aliphatic carbocycles. The van der Waals surface area contributed by atoms with E-state index in [1.165, 1.54) is 6.07 Å². The largest absolute Gasteiger partial charge is 0.481 e. The number of hydrogen-bond donors (Lipinski definition) is 2. The number of anilines is 1. The Kier molecular flexibility index (Phi) is 4.60. The van der Waals surface area contributed by atoms with Gasteiger partial charge in [-0.25, -0.2) is 0 Å². The van der Waals surface area contributed by atoms with Crippen LogP contribution in [0, 0.1) is 10.1 Å². The van der Waals surface area contributed by atoms with E-state index in [0.717, 1.165) is 6.07 Å². The third-order valence-corrected chi connectivity index (χ3v) is 3.02. The summed E-state index contributed by atoms with van der Waals surface area (Å²) >= 11 is 11.5. The molecule has 0 radical (unpaired) electrons. The van der Waals surface area contributed by atoms with Gasteiger partial charge in [-0.05, 0) is 19.9 Å². The highest BCUT2D eigenvalue weighted by Crippen LogP contribution is 2.35. The molecule has 0 unspecified atom stereocenters. The van der Waals surface area contributed by atoms with Crippen LogP contribution in [0.2, 0.25) is 10.0 Å². The zero-order valence-corrected chi connectivity index (χ0v) is 11.7. The molecule has 2 N–H and O–H groups in total. The van der Waals surface area contributed by atoms with Crippen LogP contribution in [0.5, 0.6) is 0 Å². The summed E-state index contributed by atoms with van der Waals surface area (Å²) in [7, 11) is 0. The highest BCUT2D eigenvalue weighted by Gasteiger charge is 2.26. The summed E-state index contributed by atoms with van der Waals surface area (Å²) in [4.78, 5) is 21.1. The van der Waals surface area contributed by atoms with Crippen molar-refractivity contribution in [1.82, 2.24) is 0 Å². The van der Waals surface area contributed by atoms with E-state index in [4.69, 9.17) is 28.3 Å². The first-order valence-corrected chi connectivity index (χ1v) is 6.01. The highest BCUT2D eigenvalue weighted by atomic mass is 35.5. The Labute approximate surface area is 119 Å². The maximum atomic E-state index is 10.9. The maximum absolute atomic E-state index is 10.9. The number of nitrogens with one attached hydrogen (secondary N) is 1. The van der Waals surface area contributed by atoms with E-state index in [1.54, 1.807) is 13.8 Å². The summed E-state index contributed by atoms with van der Waals surface area (Å²) in [5, 5.41) is 22.7. The topological polar surface area (TPSA) is 92.5 Å². The van der Waals surface area contributed by atoms with Crippen molar-refractivity contribution in [2.45, 2.75) is 25.8 Å². The van der Waals surface area contributed by atoms with Gasteiger partial charge in [0.15, 0.2) is 0 Å². The SMILES string of the molecule is CC(C)(CC(=O)O)Nc1cc(Cl)c(Cl)cc1[N+](=O)[O-]. The van der Waals surface area contributed by atoms with E-state index in [-0.39, 0.29) is 27.8 Å². The first-order chi connectivity index (χ1) is 8.62. The summed E-state index contributed by atoms with van der Waals surface area (Å²) in [5.74, 6) is -1.01. The average molecular weight is 307 g/mol. The predicted molar refractivity (Wildman–Crippen MR) is 73.1 cm³/mol. The lowest BCUT2D eigenvalue weighted by Gasteiger charge is -2.25. The van der Waals surface area contributed by atoms with Crippen molar-refractivity contribution >= 4 is 40.5 Å². The molecule has 0 amide bonds. The molecular formula is C11H12Cl2N2O4. The molecule has 0 saturated heterocycles. The van der Waals surface area contributed by atoms with Crippen molar-refractivity contribution in [1.29, 1.82) is 0 Å². The van der Waals surface area contributed by atoms with E-state index >= 15 is 0 Å². The first kappa shape index (κ1) is 15.5. The monoisotopic (exact) mass is 306 g/mol. The van der Waals surface area contributed by atoms with Gasteiger partial charge in [0, 0.05) is 11.6 Å². The maximum Gasteiger partial charge on any atom is 0.305 e. The molecule has 0 spiro atoms. The standard InChI is InChI=1S/C11H12Cl2N2O4/c1-11(2,5-10(16)17)14-8-3-6(12)7(13)4-9(8)15(18)19/h3-4,14H,5H2,1-2H3,(H,16,17). The number of carboxylic acid groups (broad SMARTS) is 1. The van der Waals surface area contributed by atoms with E-state index in [9.17, 15) is 14.9 Å². The predicted octanol–water partition coefficient (Wildman–Crippen LogP) is 3.57. The molecule has 1 aromatic rings. The highest BCUT2D eigenvalue weighted by molar-refractivity contribution is 6.42. The third kappa shape index (κ3) is 4.25. The quantitative estimate of drug-likeness (QED) is 0.641. The third-order valence-electron chi connectivity index (χ3n) is 2.30. The number of carboxylic acids is 1. The van der Waals surface area contributed by atoms with Gasteiger partial charge in [0.25, 0.3) is 5.69 Å². The molecule has 8 heteroatoms. The summed E-state index contributed by atoms with van der Waals surface area (Å²) in [5.41, 5.74) is -0.994. The van der Waals surface area contributed by atoms with Crippen molar-refractivity contribution in [3.63, 3.8) is 0 Å². The summed E-state index contributed by atoms with van der Waals surface area (Å²) < 4.78 is 0. The van der Waals surface area contributed by atoms with Crippen molar-refractivity contribution in [2.24, 2.45) is 0 Å². The number of rotatable bonds is 5. The summed E-state index contributed by atoms with van der Waals surface area (Å²) in [6, 6.07) is 2.44. The van der Waals surface area contributed by atoms with Crippen LogP contribution < -0.4 is 5.32 Å². The summed E-state index contributed by atoms with van der Waals surface area (Å²) in [6.45, 7) is 3.24. The van der Waals surface area contributed by atoms with Crippen LogP contribution in [-0.2, 0) is 4.79 Å². The van der Waals surface area contributed by atoms with Crippen LogP contribution in [0.1, 0.15) is 20.3 Å².